The molecule has 0 aliphatic carbocycles. The van der Waals surface area contributed by atoms with E-state index in [9.17, 15) is 0 Å². The Morgan fingerprint density at radius 1 is 1.43 bits per heavy atom. The predicted octanol–water partition coefficient (Wildman–Crippen LogP) is 0.828. The number of halogens is 1. The fourth-order valence-electron chi connectivity index (χ4n) is 1.87. The molecule has 2 atom stereocenters. The van der Waals surface area contributed by atoms with Crippen LogP contribution >= 0.6 is 12.4 Å². The summed E-state index contributed by atoms with van der Waals surface area (Å²) >= 11 is 0. The largest absolute Gasteiger partial charge is 0.324 e. The summed E-state index contributed by atoms with van der Waals surface area (Å²) in [5.41, 5.74) is 5.93. The van der Waals surface area contributed by atoms with Crippen LogP contribution in [-0.2, 0) is 0 Å². The molecule has 0 aromatic rings. The van der Waals surface area contributed by atoms with Crippen molar-refractivity contribution in [3.8, 4) is 0 Å². The third-order valence-electron chi connectivity index (χ3n) is 2.78. The molecule has 14 heavy (non-hydrogen) atoms. The number of nitrogens with two attached hydrogens (primary N) is 1. The van der Waals surface area contributed by atoms with Crippen molar-refractivity contribution in [3.63, 3.8) is 0 Å². The monoisotopic (exact) mass is 221 g/mol. The summed E-state index contributed by atoms with van der Waals surface area (Å²) in [5.74, 6) is 0. The molecule has 1 fully saturated rings. The van der Waals surface area contributed by atoms with E-state index in [4.69, 9.17) is 5.73 Å². The molecule has 0 bridgehead atoms. The normalized spacial score (nSPS) is 29.8. The van der Waals surface area contributed by atoms with Crippen LogP contribution in [0.3, 0.4) is 0 Å². The average molecular weight is 222 g/mol. The number of piperazine rings is 1. The quantitative estimate of drug-likeness (QED) is 0.726. The van der Waals surface area contributed by atoms with Gasteiger partial charge < -0.3 is 11.1 Å². The Kier molecular flexibility index (Phi) is 5.37. The number of hydrogen-bond donors (Lipinski definition) is 2. The first-order valence-corrected chi connectivity index (χ1v) is 5.16. The minimum Gasteiger partial charge on any atom is -0.324 e. The van der Waals surface area contributed by atoms with Gasteiger partial charge in [0.25, 0.3) is 0 Å². The third kappa shape index (κ3) is 4.13. The number of nitrogens with one attached hydrogen (secondary N) is 1. The van der Waals surface area contributed by atoms with Gasteiger partial charge in [-0.2, -0.15) is 0 Å². The van der Waals surface area contributed by atoms with E-state index < -0.39 is 0 Å². The van der Waals surface area contributed by atoms with Crippen LogP contribution in [0, 0.1) is 0 Å². The first-order valence-electron chi connectivity index (χ1n) is 5.16. The minimum atomic E-state index is -0.0781. The summed E-state index contributed by atoms with van der Waals surface area (Å²) in [6.07, 6.45) is 0. The van der Waals surface area contributed by atoms with Gasteiger partial charge in [-0.25, -0.2) is 0 Å². The standard InChI is InChI=1S/C10H23N3.ClH/c1-8-9(2)13(6-5-12-8)7-10(3,4)11;/h8-9,12H,5-7,11H2,1-4H3;1H. The van der Waals surface area contributed by atoms with E-state index in [1.54, 1.807) is 0 Å². The smallest absolute Gasteiger partial charge is 0.0226 e. The maximum atomic E-state index is 6.01. The van der Waals surface area contributed by atoms with Crippen molar-refractivity contribution in [2.75, 3.05) is 19.6 Å². The zero-order chi connectivity index (χ0) is 10.1. The second kappa shape index (κ2) is 5.31. The van der Waals surface area contributed by atoms with Crippen LogP contribution < -0.4 is 11.1 Å². The second-order valence-electron chi connectivity index (χ2n) is 4.94. The van der Waals surface area contributed by atoms with Crippen molar-refractivity contribution in [1.82, 2.24) is 10.2 Å². The average Bonchev–Trinajstić information content (AvgIpc) is 1.96. The molecule has 3 N–H and O–H groups in total. The van der Waals surface area contributed by atoms with Crippen LogP contribution in [0.15, 0.2) is 0 Å². The molecule has 0 spiro atoms. The van der Waals surface area contributed by atoms with Gasteiger partial charge in [-0.05, 0) is 27.7 Å². The maximum Gasteiger partial charge on any atom is 0.0226 e. The van der Waals surface area contributed by atoms with Crippen molar-refractivity contribution in [2.45, 2.75) is 45.3 Å². The lowest BCUT2D eigenvalue weighted by Crippen LogP contribution is -2.59. The fraction of sp³-hybridized carbons (Fsp3) is 1.00. The van der Waals surface area contributed by atoms with Gasteiger partial charge in [-0.15, -0.1) is 12.4 Å². The minimum absolute atomic E-state index is 0. The van der Waals surface area contributed by atoms with Crippen molar-refractivity contribution in [3.05, 3.63) is 0 Å². The number of nitrogens with zero attached hydrogens (tertiary/aromatic N) is 1. The fourth-order valence-corrected chi connectivity index (χ4v) is 1.87. The highest BCUT2D eigenvalue weighted by atomic mass is 35.5. The lowest BCUT2D eigenvalue weighted by Gasteiger charge is -2.41. The van der Waals surface area contributed by atoms with Crippen LogP contribution in [0.1, 0.15) is 27.7 Å². The molecular formula is C10H24ClN3. The van der Waals surface area contributed by atoms with E-state index >= 15 is 0 Å². The van der Waals surface area contributed by atoms with E-state index in [1.807, 2.05) is 0 Å². The van der Waals surface area contributed by atoms with E-state index in [0.717, 1.165) is 19.6 Å². The zero-order valence-corrected chi connectivity index (χ0v) is 10.5. The highest BCUT2D eigenvalue weighted by Crippen LogP contribution is 2.11. The van der Waals surface area contributed by atoms with E-state index in [2.05, 4.69) is 37.9 Å². The Morgan fingerprint density at radius 2 is 2.00 bits per heavy atom. The second-order valence-corrected chi connectivity index (χ2v) is 4.94. The van der Waals surface area contributed by atoms with Gasteiger partial charge in [-0.1, -0.05) is 0 Å². The van der Waals surface area contributed by atoms with Gasteiger partial charge in [0.15, 0.2) is 0 Å². The number of rotatable bonds is 2. The van der Waals surface area contributed by atoms with E-state index in [1.165, 1.54) is 0 Å². The van der Waals surface area contributed by atoms with Gasteiger partial charge in [0, 0.05) is 37.3 Å². The van der Waals surface area contributed by atoms with Crippen LogP contribution in [0.5, 0.6) is 0 Å². The molecule has 1 heterocycles. The lowest BCUT2D eigenvalue weighted by molar-refractivity contribution is 0.115. The van der Waals surface area contributed by atoms with Crippen molar-refractivity contribution < 1.29 is 0 Å². The lowest BCUT2D eigenvalue weighted by atomic mass is 10.0. The number of hydrogen-bond acceptors (Lipinski definition) is 3. The molecule has 1 aliphatic heterocycles. The summed E-state index contributed by atoms with van der Waals surface area (Å²) < 4.78 is 0. The van der Waals surface area contributed by atoms with Crippen LogP contribution in [0.25, 0.3) is 0 Å². The molecule has 0 saturated carbocycles. The summed E-state index contributed by atoms with van der Waals surface area (Å²) in [6.45, 7) is 11.9. The Morgan fingerprint density at radius 3 is 2.50 bits per heavy atom. The summed E-state index contributed by atoms with van der Waals surface area (Å²) in [7, 11) is 0. The molecule has 4 heteroatoms. The predicted molar refractivity (Wildman–Crippen MR) is 64.0 cm³/mol. The van der Waals surface area contributed by atoms with E-state index in [0.29, 0.717) is 12.1 Å². The summed E-state index contributed by atoms with van der Waals surface area (Å²) in [6, 6.07) is 1.17. The van der Waals surface area contributed by atoms with Gasteiger partial charge in [0.05, 0.1) is 0 Å². The van der Waals surface area contributed by atoms with Crippen molar-refractivity contribution in [1.29, 1.82) is 0 Å². The van der Waals surface area contributed by atoms with Crippen LogP contribution in [0.2, 0.25) is 0 Å². The first-order chi connectivity index (χ1) is 5.90. The maximum absolute atomic E-state index is 6.01. The molecule has 0 aromatic carbocycles. The third-order valence-corrected chi connectivity index (χ3v) is 2.78. The zero-order valence-electron chi connectivity index (χ0n) is 9.71. The Labute approximate surface area is 93.8 Å². The summed E-state index contributed by atoms with van der Waals surface area (Å²) in [5, 5.41) is 3.46. The molecule has 1 rings (SSSR count). The van der Waals surface area contributed by atoms with Crippen molar-refractivity contribution in [2.24, 2.45) is 5.73 Å². The molecule has 0 aromatic heterocycles. The van der Waals surface area contributed by atoms with Gasteiger partial charge in [0.1, 0.15) is 0 Å². The molecular weight excluding hydrogens is 198 g/mol. The molecule has 86 valence electrons. The SMILES string of the molecule is CC1NCCN(CC(C)(C)N)C1C.Cl. The first kappa shape index (κ1) is 14.2. The Balaban J connectivity index is 0.00000169. The molecule has 1 saturated heterocycles. The highest BCUT2D eigenvalue weighted by Gasteiger charge is 2.27. The van der Waals surface area contributed by atoms with Gasteiger partial charge in [-0.3, -0.25) is 4.90 Å². The molecule has 0 radical (unpaired) electrons. The van der Waals surface area contributed by atoms with Crippen LogP contribution in [0.4, 0.5) is 0 Å². The Bertz CT molecular complexity index is 167. The molecule has 3 nitrogen and oxygen atoms in total. The topological polar surface area (TPSA) is 41.3 Å². The Hall–Kier alpha value is 0.170. The molecule has 2 unspecified atom stereocenters. The summed E-state index contributed by atoms with van der Waals surface area (Å²) in [4.78, 5) is 2.47. The van der Waals surface area contributed by atoms with E-state index in [-0.39, 0.29) is 17.9 Å². The molecule has 1 aliphatic rings. The molecule has 0 amide bonds. The van der Waals surface area contributed by atoms with Crippen molar-refractivity contribution >= 4 is 12.4 Å². The highest BCUT2D eigenvalue weighted by molar-refractivity contribution is 5.85. The van der Waals surface area contributed by atoms with Gasteiger partial charge >= 0.3 is 0 Å². The van der Waals surface area contributed by atoms with Gasteiger partial charge in [0.2, 0.25) is 0 Å². The van der Waals surface area contributed by atoms with Crippen LogP contribution in [-0.4, -0.2) is 42.2 Å².